The average Bonchev–Trinajstić information content (AvgIpc) is 3.64. The maximum absolute atomic E-state index is 13.7. The quantitative estimate of drug-likeness (QED) is 0.219. The first-order chi connectivity index (χ1) is 21.5. The van der Waals surface area contributed by atoms with Gasteiger partial charge in [-0.15, -0.1) is 0 Å². The Labute approximate surface area is 257 Å². The van der Waals surface area contributed by atoms with Crippen LogP contribution in [0.15, 0.2) is 77.2 Å². The molecule has 3 heterocycles. The summed E-state index contributed by atoms with van der Waals surface area (Å²) in [5.74, 6) is -0.256. The number of H-pyrrole nitrogens is 1. The molecule has 0 saturated carbocycles. The first-order valence-electron chi connectivity index (χ1n) is 13.6. The zero-order chi connectivity index (χ0) is 32.0. The highest BCUT2D eigenvalue weighted by Gasteiger charge is 2.27. The summed E-state index contributed by atoms with van der Waals surface area (Å²) in [6.45, 7) is 0. The van der Waals surface area contributed by atoms with Gasteiger partial charge in [0, 0.05) is 42.1 Å². The minimum atomic E-state index is -3.75. The summed E-state index contributed by atoms with van der Waals surface area (Å²) >= 11 is 0. The second kappa shape index (κ2) is 11.1. The van der Waals surface area contributed by atoms with Crippen molar-refractivity contribution >= 4 is 43.5 Å². The van der Waals surface area contributed by atoms with Crippen LogP contribution < -0.4 is 14.4 Å². The zero-order valence-electron chi connectivity index (χ0n) is 24.6. The summed E-state index contributed by atoms with van der Waals surface area (Å²) in [5.41, 5.74) is 4.05. The van der Waals surface area contributed by atoms with Crippen molar-refractivity contribution in [2.24, 2.45) is 0 Å². The molecule has 10 nitrogen and oxygen atoms in total. The van der Waals surface area contributed by atoms with E-state index in [4.69, 9.17) is 14.1 Å². The van der Waals surface area contributed by atoms with Gasteiger partial charge in [0.15, 0.2) is 0 Å². The number of aromatic amines is 1. The molecular weight excluding hydrogens is 597 g/mol. The summed E-state index contributed by atoms with van der Waals surface area (Å²) in [4.78, 5) is 21.4. The fourth-order valence-corrected chi connectivity index (χ4v) is 5.77. The van der Waals surface area contributed by atoms with Crippen molar-refractivity contribution in [3.8, 4) is 45.8 Å². The van der Waals surface area contributed by atoms with Crippen LogP contribution in [0.25, 0.3) is 55.8 Å². The van der Waals surface area contributed by atoms with Crippen LogP contribution in [0.2, 0.25) is 0 Å². The van der Waals surface area contributed by atoms with Gasteiger partial charge >= 0.3 is 0 Å². The Morgan fingerprint density at radius 2 is 1.87 bits per heavy atom. The Kier molecular flexibility index (Phi) is 7.26. The van der Waals surface area contributed by atoms with Crippen molar-refractivity contribution in [1.29, 1.82) is 5.26 Å². The second-order valence-corrected chi connectivity index (χ2v) is 12.3. The number of carbonyl (C=O) groups is 1. The van der Waals surface area contributed by atoms with Crippen LogP contribution in [-0.2, 0) is 10.0 Å². The van der Waals surface area contributed by atoms with Crippen LogP contribution in [0.1, 0.15) is 15.9 Å². The number of sulfonamides is 1. The lowest BCUT2D eigenvalue weighted by Crippen LogP contribution is -2.25. The molecule has 0 aliphatic carbocycles. The third-order valence-corrected chi connectivity index (χ3v) is 8.78. The number of amides is 1. The third-order valence-electron chi connectivity index (χ3n) is 7.59. The Morgan fingerprint density at radius 1 is 1.11 bits per heavy atom. The maximum Gasteiger partial charge on any atom is 0.255 e. The van der Waals surface area contributed by atoms with Gasteiger partial charge < -0.3 is 19.5 Å². The van der Waals surface area contributed by atoms with Crippen LogP contribution in [-0.4, -0.2) is 51.8 Å². The molecule has 0 atom stereocenters. The Hall–Kier alpha value is -5.67. The third kappa shape index (κ3) is 5.13. The van der Waals surface area contributed by atoms with Gasteiger partial charge in [0.25, 0.3) is 5.91 Å². The molecule has 0 bridgehead atoms. The molecule has 1 amide bonds. The number of nitrogens with zero attached hydrogens (tertiary/aromatic N) is 3. The first kappa shape index (κ1) is 29.4. The van der Waals surface area contributed by atoms with Crippen LogP contribution in [0.4, 0.5) is 10.1 Å². The summed E-state index contributed by atoms with van der Waals surface area (Å²) < 4.78 is 52.2. The van der Waals surface area contributed by atoms with Crippen molar-refractivity contribution in [1.82, 2.24) is 15.3 Å². The molecule has 3 aromatic heterocycles. The Balaban J connectivity index is 1.64. The van der Waals surface area contributed by atoms with Gasteiger partial charge in [-0.05, 0) is 54.6 Å². The highest BCUT2D eigenvalue weighted by Crippen LogP contribution is 2.42. The van der Waals surface area contributed by atoms with Gasteiger partial charge in [-0.1, -0.05) is 12.1 Å². The van der Waals surface area contributed by atoms with Crippen molar-refractivity contribution in [2.45, 2.75) is 0 Å². The number of hydrogen-bond donors (Lipinski definition) is 2. The van der Waals surface area contributed by atoms with Gasteiger partial charge in [-0.25, -0.2) is 17.8 Å². The number of furan rings is 1. The number of fused-ring (bicyclic) bond motifs is 2. The molecule has 0 fully saturated rings. The van der Waals surface area contributed by atoms with E-state index in [1.165, 1.54) is 45.5 Å². The van der Waals surface area contributed by atoms with Crippen molar-refractivity contribution in [2.75, 3.05) is 31.8 Å². The number of methoxy groups -OCH3 is 1. The smallest absolute Gasteiger partial charge is 0.255 e. The van der Waals surface area contributed by atoms with E-state index in [-0.39, 0.29) is 22.6 Å². The molecular formula is C33H26FN5O5S. The second-order valence-electron chi connectivity index (χ2n) is 10.3. The number of aromatic nitrogens is 2. The van der Waals surface area contributed by atoms with Crippen molar-refractivity contribution in [3.05, 3.63) is 89.7 Å². The zero-order valence-corrected chi connectivity index (χ0v) is 25.4. The Bertz CT molecular complexity index is 2290. The number of anilines is 1. The first-order valence-corrected chi connectivity index (χ1v) is 15.5. The molecule has 0 saturated heterocycles. The van der Waals surface area contributed by atoms with Crippen LogP contribution in [0, 0.1) is 17.1 Å². The fraction of sp³-hybridized carbons (Fsp3) is 0.121. The van der Waals surface area contributed by atoms with E-state index in [0.717, 1.165) is 15.9 Å². The van der Waals surface area contributed by atoms with Crippen LogP contribution >= 0.6 is 0 Å². The van der Waals surface area contributed by atoms with Crippen molar-refractivity contribution in [3.63, 3.8) is 0 Å². The lowest BCUT2D eigenvalue weighted by atomic mass is 10.0. The number of rotatable bonds is 7. The lowest BCUT2D eigenvalue weighted by Gasteiger charge is -2.21. The van der Waals surface area contributed by atoms with Crippen molar-refractivity contribution < 1.29 is 26.8 Å². The number of para-hydroxylation sites is 1. The monoisotopic (exact) mass is 623 g/mol. The van der Waals surface area contributed by atoms with E-state index in [2.05, 4.69) is 16.4 Å². The molecule has 45 heavy (non-hydrogen) atoms. The average molecular weight is 624 g/mol. The number of nitrogens with one attached hydrogen (secondary N) is 2. The molecule has 6 rings (SSSR count). The van der Waals surface area contributed by atoms with E-state index < -0.39 is 21.7 Å². The molecule has 2 N–H and O–H groups in total. The van der Waals surface area contributed by atoms with Gasteiger partial charge in [-0.3, -0.25) is 9.10 Å². The van der Waals surface area contributed by atoms with E-state index in [9.17, 15) is 22.9 Å². The molecule has 3 aromatic carbocycles. The Morgan fingerprint density at radius 3 is 2.53 bits per heavy atom. The normalized spacial score (nSPS) is 11.5. The number of halogens is 1. The standard InChI is InChI=1S/C33H26FN5O5S/c1-36-33(40)29-23-15-22(26(39(2)45(4,41)42)16-28(23)44-32(29)18-8-10-21(34)11-9-18)24-12-13-27(43-3)31(37-24)25-14-19-6-5-7-20(17-35)30(19)38-25/h5-16,38H,1-4H3,(H,36,40). The molecule has 6 aromatic rings. The fourth-order valence-electron chi connectivity index (χ4n) is 5.26. The number of nitriles is 1. The SMILES string of the molecule is CNC(=O)c1c(-c2ccc(F)cc2)oc2cc(N(C)S(C)(=O)=O)c(-c3ccc(OC)c(-c4cc5cccc(C#N)c5[nH]4)n3)cc12. The van der Waals surface area contributed by atoms with E-state index in [1.54, 1.807) is 36.4 Å². The maximum atomic E-state index is 13.7. The van der Waals surface area contributed by atoms with E-state index in [0.29, 0.717) is 50.4 Å². The van der Waals surface area contributed by atoms with E-state index in [1.807, 2.05) is 12.1 Å². The van der Waals surface area contributed by atoms with E-state index >= 15 is 0 Å². The predicted octanol–water partition coefficient (Wildman–Crippen LogP) is 6.08. The highest BCUT2D eigenvalue weighted by molar-refractivity contribution is 7.92. The molecule has 226 valence electrons. The van der Waals surface area contributed by atoms with Crippen LogP contribution in [0.3, 0.4) is 0 Å². The summed E-state index contributed by atoms with van der Waals surface area (Å²) in [6, 6.07) is 21.5. The molecule has 0 aliphatic heterocycles. The van der Waals surface area contributed by atoms with Gasteiger partial charge in [0.2, 0.25) is 10.0 Å². The lowest BCUT2D eigenvalue weighted by molar-refractivity contribution is 0.0964. The summed E-state index contributed by atoms with van der Waals surface area (Å²) in [7, 11) is 0.651. The number of ether oxygens (including phenoxy) is 1. The van der Waals surface area contributed by atoms with Gasteiger partial charge in [-0.2, -0.15) is 5.26 Å². The molecule has 0 radical (unpaired) electrons. The summed E-state index contributed by atoms with van der Waals surface area (Å²) in [6.07, 6.45) is 1.08. The predicted molar refractivity (Wildman–Crippen MR) is 170 cm³/mol. The molecule has 0 spiro atoms. The van der Waals surface area contributed by atoms with Crippen LogP contribution in [0.5, 0.6) is 5.75 Å². The number of hydrogen-bond acceptors (Lipinski definition) is 7. The van der Waals surface area contributed by atoms with Gasteiger partial charge in [0.1, 0.15) is 34.7 Å². The topological polar surface area (TPSA) is 141 Å². The minimum absolute atomic E-state index is 0.197. The highest BCUT2D eigenvalue weighted by atomic mass is 32.2. The molecule has 0 aliphatic rings. The number of pyridine rings is 1. The molecule has 0 unspecified atom stereocenters. The number of carbonyl (C=O) groups excluding carboxylic acids is 1. The minimum Gasteiger partial charge on any atom is -0.494 e. The van der Waals surface area contributed by atoms with Gasteiger partial charge in [0.05, 0.1) is 47.1 Å². The summed E-state index contributed by atoms with van der Waals surface area (Å²) in [5, 5.41) is 13.4. The molecule has 12 heteroatoms. The number of benzene rings is 3. The largest absolute Gasteiger partial charge is 0.494 e.